The molecular formula is C21H28N4O3. The molecule has 1 N–H and O–H groups in total. The highest BCUT2D eigenvalue weighted by Crippen LogP contribution is 2.25. The van der Waals surface area contributed by atoms with Crippen molar-refractivity contribution >= 4 is 28.0 Å². The largest absolute Gasteiger partial charge is 0.465 e. The Morgan fingerprint density at radius 3 is 2.68 bits per heavy atom. The first-order valence-corrected chi connectivity index (χ1v) is 9.64. The van der Waals surface area contributed by atoms with Crippen LogP contribution in [0.3, 0.4) is 0 Å². The van der Waals surface area contributed by atoms with Crippen LogP contribution in [0.25, 0.3) is 21.9 Å². The van der Waals surface area contributed by atoms with Gasteiger partial charge in [0.25, 0.3) is 0 Å². The Kier molecular flexibility index (Phi) is 5.84. The van der Waals surface area contributed by atoms with Crippen molar-refractivity contribution in [2.24, 2.45) is 0 Å². The summed E-state index contributed by atoms with van der Waals surface area (Å²) < 4.78 is 7.76. The fourth-order valence-electron chi connectivity index (χ4n) is 3.46. The molecule has 28 heavy (non-hydrogen) atoms. The van der Waals surface area contributed by atoms with Crippen molar-refractivity contribution in [1.82, 2.24) is 19.4 Å². The van der Waals surface area contributed by atoms with E-state index in [0.717, 1.165) is 27.8 Å². The minimum Gasteiger partial charge on any atom is -0.465 e. The lowest BCUT2D eigenvalue weighted by Gasteiger charge is -2.33. The summed E-state index contributed by atoms with van der Waals surface area (Å²) in [7, 11) is 0. The van der Waals surface area contributed by atoms with Crippen molar-refractivity contribution < 1.29 is 14.6 Å². The van der Waals surface area contributed by atoms with Crippen LogP contribution in [0.2, 0.25) is 0 Å². The highest BCUT2D eigenvalue weighted by molar-refractivity contribution is 6.02. The van der Waals surface area contributed by atoms with E-state index in [-0.39, 0.29) is 0 Å². The molecule has 7 nitrogen and oxygen atoms in total. The molecule has 0 aliphatic carbocycles. The van der Waals surface area contributed by atoms with Gasteiger partial charge in [0.2, 0.25) is 0 Å². The molecule has 2 aromatic heterocycles. The van der Waals surface area contributed by atoms with Crippen molar-refractivity contribution in [2.45, 2.75) is 52.8 Å². The zero-order valence-electron chi connectivity index (χ0n) is 17.0. The monoisotopic (exact) mass is 384 g/mol. The lowest BCUT2D eigenvalue weighted by molar-refractivity contribution is 0.0980. The van der Waals surface area contributed by atoms with Crippen LogP contribution in [-0.4, -0.2) is 49.3 Å². The molecule has 0 saturated carbocycles. The van der Waals surface area contributed by atoms with Gasteiger partial charge in [0.05, 0.1) is 17.2 Å². The summed E-state index contributed by atoms with van der Waals surface area (Å²) in [5.74, 6) is 0.840. The fraction of sp³-hybridized carbons (Fsp3) is 0.476. The summed E-state index contributed by atoms with van der Waals surface area (Å²) in [5, 5.41) is 10.6. The highest BCUT2D eigenvalue weighted by atomic mass is 16.5. The van der Waals surface area contributed by atoms with E-state index in [1.54, 1.807) is 6.20 Å². The van der Waals surface area contributed by atoms with Gasteiger partial charge in [-0.25, -0.2) is 9.78 Å². The first-order valence-electron chi connectivity index (χ1n) is 9.64. The maximum atomic E-state index is 11.6. The molecular weight excluding hydrogens is 356 g/mol. The van der Waals surface area contributed by atoms with Gasteiger partial charge >= 0.3 is 6.09 Å². The molecule has 3 rings (SSSR count). The number of rotatable bonds is 7. The van der Waals surface area contributed by atoms with Crippen molar-refractivity contribution in [2.75, 3.05) is 13.2 Å². The summed E-state index contributed by atoms with van der Waals surface area (Å²) >= 11 is 0. The van der Waals surface area contributed by atoms with Crippen LogP contribution in [-0.2, 0) is 17.9 Å². The number of carboxylic acid groups (broad SMARTS) is 1. The number of nitrogens with zero attached hydrogens (tertiary/aromatic N) is 4. The number of pyridine rings is 1. The Hall–Kier alpha value is -2.67. The number of benzene rings is 1. The Labute approximate surface area is 164 Å². The SMILES string of the molecule is CCOCc1nc2cnc3ccccc3c2n1CCCN(C(=O)O)C(C)(C)C. The molecule has 7 heteroatoms. The predicted octanol–water partition coefficient (Wildman–Crippen LogP) is 4.29. The predicted molar refractivity (Wildman–Crippen MR) is 109 cm³/mol. The Bertz CT molecular complexity index is 975. The third kappa shape index (κ3) is 4.09. The zero-order chi connectivity index (χ0) is 20.3. The fourth-order valence-corrected chi connectivity index (χ4v) is 3.46. The zero-order valence-corrected chi connectivity index (χ0v) is 17.0. The summed E-state index contributed by atoms with van der Waals surface area (Å²) in [5.41, 5.74) is 2.34. The van der Waals surface area contributed by atoms with Crippen LogP contribution in [0.1, 0.15) is 39.9 Å². The molecule has 1 amide bonds. The molecule has 0 fully saturated rings. The van der Waals surface area contributed by atoms with Gasteiger partial charge in [-0.05, 0) is 40.2 Å². The molecule has 2 heterocycles. The second-order valence-electron chi connectivity index (χ2n) is 7.78. The number of aromatic nitrogens is 3. The Balaban J connectivity index is 1.95. The third-order valence-electron chi connectivity index (χ3n) is 4.80. The number of imidazole rings is 1. The molecule has 3 aromatic rings. The maximum Gasteiger partial charge on any atom is 0.407 e. The van der Waals surface area contributed by atoms with Gasteiger partial charge in [-0.3, -0.25) is 4.98 Å². The molecule has 0 spiro atoms. The number of hydrogen-bond donors (Lipinski definition) is 1. The van der Waals surface area contributed by atoms with Crippen LogP contribution in [0, 0.1) is 0 Å². The number of carbonyl (C=O) groups is 1. The number of hydrogen-bond acceptors (Lipinski definition) is 4. The molecule has 0 saturated heterocycles. The van der Waals surface area contributed by atoms with Gasteiger partial charge in [0.15, 0.2) is 0 Å². The van der Waals surface area contributed by atoms with E-state index < -0.39 is 11.6 Å². The molecule has 0 unspecified atom stereocenters. The minimum absolute atomic E-state index is 0.418. The first-order chi connectivity index (χ1) is 13.3. The number of fused-ring (bicyclic) bond motifs is 3. The molecule has 0 aliphatic rings. The second-order valence-corrected chi connectivity index (χ2v) is 7.78. The number of aryl methyl sites for hydroxylation is 1. The van der Waals surface area contributed by atoms with Gasteiger partial charge in [0.1, 0.15) is 17.9 Å². The number of para-hydroxylation sites is 1. The molecule has 150 valence electrons. The third-order valence-corrected chi connectivity index (χ3v) is 4.80. The van der Waals surface area contributed by atoms with E-state index in [2.05, 4.69) is 9.55 Å². The van der Waals surface area contributed by atoms with E-state index in [0.29, 0.717) is 32.7 Å². The minimum atomic E-state index is -0.896. The average molecular weight is 384 g/mol. The van der Waals surface area contributed by atoms with Gasteiger partial charge in [-0.2, -0.15) is 0 Å². The van der Waals surface area contributed by atoms with Crippen LogP contribution in [0.5, 0.6) is 0 Å². The van der Waals surface area contributed by atoms with E-state index in [1.807, 2.05) is 52.0 Å². The molecule has 0 aliphatic heterocycles. The Morgan fingerprint density at radius 2 is 2.00 bits per heavy atom. The summed E-state index contributed by atoms with van der Waals surface area (Å²) in [6, 6.07) is 8.00. The summed E-state index contributed by atoms with van der Waals surface area (Å²) in [6.45, 7) is 9.83. The lowest BCUT2D eigenvalue weighted by Crippen LogP contribution is -2.45. The highest BCUT2D eigenvalue weighted by Gasteiger charge is 2.25. The molecule has 0 radical (unpaired) electrons. The molecule has 0 bridgehead atoms. The average Bonchev–Trinajstić information content (AvgIpc) is 3.00. The van der Waals surface area contributed by atoms with Crippen molar-refractivity contribution in [3.8, 4) is 0 Å². The summed E-state index contributed by atoms with van der Waals surface area (Å²) in [4.78, 5) is 22.3. The van der Waals surface area contributed by atoms with E-state index in [9.17, 15) is 9.90 Å². The number of amides is 1. The second kappa shape index (κ2) is 8.14. The van der Waals surface area contributed by atoms with Crippen molar-refractivity contribution in [1.29, 1.82) is 0 Å². The van der Waals surface area contributed by atoms with E-state index in [4.69, 9.17) is 9.72 Å². The van der Waals surface area contributed by atoms with Gasteiger partial charge in [-0.1, -0.05) is 18.2 Å². The van der Waals surface area contributed by atoms with Crippen LogP contribution in [0.15, 0.2) is 30.5 Å². The quantitative estimate of drug-likeness (QED) is 0.657. The topological polar surface area (TPSA) is 80.5 Å². The smallest absolute Gasteiger partial charge is 0.407 e. The summed E-state index contributed by atoms with van der Waals surface area (Å²) in [6.07, 6.45) is 1.58. The van der Waals surface area contributed by atoms with E-state index in [1.165, 1.54) is 4.90 Å². The molecule has 0 atom stereocenters. The lowest BCUT2D eigenvalue weighted by atomic mass is 10.1. The first kappa shape index (κ1) is 20.1. The van der Waals surface area contributed by atoms with Gasteiger partial charge in [0, 0.05) is 30.6 Å². The van der Waals surface area contributed by atoms with Crippen molar-refractivity contribution in [3.63, 3.8) is 0 Å². The Morgan fingerprint density at radius 1 is 1.25 bits per heavy atom. The van der Waals surface area contributed by atoms with Crippen LogP contribution < -0.4 is 0 Å². The van der Waals surface area contributed by atoms with Crippen LogP contribution >= 0.6 is 0 Å². The van der Waals surface area contributed by atoms with E-state index >= 15 is 0 Å². The van der Waals surface area contributed by atoms with Crippen LogP contribution in [0.4, 0.5) is 4.79 Å². The van der Waals surface area contributed by atoms with Gasteiger partial charge < -0.3 is 19.3 Å². The molecule has 1 aromatic carbocycles. The number of ether oxygens (including phenoxy) is 1. The van der Waals surface area contributed by atoms with Crippen molar-refractivity contribution in [3.05, 3.63) is 36.3 Å². The van der Waals surface area contributed by atoms with Gasteiger partial charge in [-0.15, -0.1) is 0 Å². The standard InChI is InChI=1S/C21H28N4O3/c1-5-28-14-18-23-17-13-22-16-10-7-6-9-15(16)19(17)24(18)11-8-12-25(20(26)27)21(2,3)4/h6-7,9-10,13H,5,8,11-12,14H2,1-4H3,(H,26,27). The maximum absolute atomic E-state index is 11.6. The normalized spacial score (nSPS) is 12.0.